The largest absolute Gasteiger partial charge is 0.313 e. The van der Waals surface area contributed by atoms with E-state index in [2.05, 4.69) is 28.6 Å². The first-order valence-electron chi connectivity index (χ1n) is 6.70. The number of hydrogen-bond acceptors (Lipinski definition) is 2. The Kier molecular flexibility index (Phi) is 3.58. The van der Waals surface area contributed by atoms with Gasteiger partial charge >= 0.3 is 0 Å². The molecule has 1 aliphatic rings. The summed E-state index contributed by atoms with van der Waals surface area (Å²) in [5, 5.41) is 8.65. The summed E-state index contributed by atoms with van der Waals surface area (Å²) in [7, 11) is 1.99. The van der Waals surface area contributed by atoms with Gasteiger partial charge in [-0.15, -0.1) is 0 Å². The highest BCUT2D eigenvalue weighted by molar-refractivity contribution is 6.30. The van der Waals surface area contributed by atoms with Crippen LogP contribution in [0.25, 0.3) is 0 Å². The highest BCUT2D eigenvalue weighted by atomic mass is 35.5. The summed E-state index contributed by atoms with van der Waals surface area (Å²) in [4.78, 5) is 0. The topological polar surface area (TPSA) is 29.9 Å². The Morgan fingerprint density at radius 1 is 1.32 bits per heavy atom. The normalized spacial score (nSPS) is 17.7. The second-order valence-corrected chi connectivity index (χ2v) is 5.60. The minimum Gasteiger partial charge on any atom is -0.313 e. The van der Waals surface area contributed by atoms with Gasteiger partial charge in [-0.3, -0.25) is 4.68 Å². The molecule has 1 atom stereocenters. The summed E-state index contributed by atoms with van der Waals surface area (Å²) in [6, 6.07) is 8.85. The van der Waals surface area contributed by atoms with Gasteiger partial charge in [0.25, 0.3) is 0 Å². The number of halogens is 1. The molecule has 4 heteroatoms. The van der Waals surface area contributed by atoms with Gasteiger partial charge in [0, 0.05) is 43.0 Å². The van der Waals surface area contributed by atoms with Crippen LogP contribution in [0.3, 0.4) is 0 Å². The van der Waals surface area contributed by atoms with Gasteiger partial charge in [0.2, 0.25) is 0 Å². The highest BCUT2D eigenvalue weighted by Crippen LogP contribution is 2.25. The lowest BCUT2D eigenvalue weighted by Crippen LogP contribution is -2.31. The zero-order valence-electron chi connectivity index (χ0n) is 11.1. The average Bonchev–Trinajstić information content (AvgIpc) is 2.95. The van der Waals surface area contributed by atoms with E-state index < -0.39 is 0 Å². The maximum absolute atomic E-state index is 6.03. The maximum Gasteiger partial charge on any atom is 0.0492 e. The molecule has 0 amide bonds. The molecule has 0 radical (unpaired) electrons. The second-order valence-electron chi connectivity index (χ2n) is 5.17. The molecule has 0 saturated heterocycles. The predicted molar refractivity (Wildman–Crippen MR) is 77.6 cm³/mol. The van der Waals surface area contributed by atoms with Crippen LogP contribution in [0.5, 0.6) is 0 Å². The standard InChI is InChI=1S/C15H18ClN3/c1-19-15(5-7-18-19)4-6-17-14-9-11-2-3-13(16)8-12(11)10-14/h2-3,5,7-8,14,17H,4,6,9-10H2,1H3. The van der Waals surface area contributed by atoms with Gasteiger partial charge in [-0.2, -0.15) is 5.10 Å². The molecular weight excluding hydrogens is 258 g/mol. The number of rotatable bonds is 4. The third-order valence-electron chi connectivity index (χ3n) is 3.84. The molecule has 3 nitrogen and oxygen atoms in total. The van der Waals surface area contributed by atoms with Crippen LogP contribution in [-0.4, -0.2) is 22.4 Å². The lowest BCUT2D eigenvalue weighted by atomic mass is 10.1. The SMILES string of the molecule is Cn1nccc1CCNC1Cc2ccc(Cl)cc2C1. The van der Waals surface area contributed by atoms with Crippen LogP contribution in [-0.2, 0) is 26.3 Å². The fourth-order valence-electron chi connectivity index (χ4n) is 2.78. The Labute approximate surface area is 118 Å². The van der Waals surface area contributed by atoms with Crippen LogP contribution in [0.2, 0.25) is 5.02 Å². The summed E-state index contributed by atoms with van der Waals surface area (Å²) in [5.74, 6) is 0. The van der Waals surface area contributed by atoms with Gasteiger partial charge in [0.1, 0.15) is 0 Å². The van der Waals surface area contributed by atoms with Crippen molar-refractivity contribution in [1.82, 2.24) is 15.1 Å². The van der Waals surface area contributed by atoms with Crippen LogP contribution in [0.4, 0.5) is 0 Å². The van der Waals surface area contributed by atoms with Crippen molar-refractivity contribution in [2.45, 2.75) is 25.3 Å². The molecule has 0 fully saturated rings. The summed E-state index contributed by atoms with van der Waals surface area (Å²) < 4.78 is 1.94. The molecule has 1 N–H and O–H groups in total. The molecule has 1 aromatic heterocycles. The second kappa shape index (κ2) is 5.35. The van der Waals surface area contributed by atoms with Crippen molar-refractivity contribution in [3.05, 3.63) is 52.3 Å². The van der Waals surface area contributed by atoms with E-state index in [0.29, 0.717) is 6.04 Å². The molecule has 2 aromatic rings. The summed E-state index contributed by atoms with van der Waals surface area (Å²) >= 11 is 6.03. The molecule has 0 spiro atoms. The molecule has 1 aromatic carbocycles. The number of benzene rings is 1. The van der Waals surface area contributed by atoms with Gasteiger partial charge in [0.15, 0.2) is 0 Å². The van der Waals surface area contributed by atoms with Crippen molar-refractivity contribution in [3.63, 3.8) is 0 Å². The number of fused-ring (bicyclic) bond motifs is 1. The number of nitrogens with one attached hydrogen (secondary N) is 1. The molecule has 0 saturated carbocycles. The zero-order chi connectivity index (χ0) is 13.2. The molecule has 0 aliphatic heterocycles. The quantitative estimate of drug-likeness (QED) is 0.928. The minimum atomic E-state index is 0.543. The molecule has 3 rings (SSSR count). The van der Waals surface area contributed by atoms with Gasteiger partial charge in [-0.25, -0.2) is 0 Å². The number of aromatic nitrogens is 2. The smallest absolute Gasteiger partial charge is 0.0492 e. The van der Waals surface area contributed by atoms with Crippen molar-refractivity contribution < 1.29 is 0 Å². The molecule has 1 unspecified atom stereocenters. The van der Waals surface area contributed by atoms with Gasteiger partial charge in [-0.05, 0) is 42.2 Å². The Hall–Kier alpha value is -1.32. The van der Waals surface area contributed by atoms with Crippen LogP contribution in [0, 0.1) is 0 Å². The fraction of sp³-hybridized carbons (Fsp3) is 0.400. The molecule has 0 bridgehead atoms. The van der Waals surface area contributed by atoms with Gasteiger partial charge < -0.3 is 5.32 Å². The lowest BCUT2D eigenvalue weighted by Gasteiger charge is -2.11. The summed E-state index contributed by atoms with van der Waals surface area (Å²) in [5.41, 5.74) is 4.10. The Morgan fingerprint density at radius 2 is 2.16 bits per heavy atom. The van der Waals surface area contributed by atoms with Crippen molar-refractivity contribution in [1.29, 1.82) is 0 Å². The van der Waals surface area contributed by atoms with Gasteiger partial charge in [-0.1, -0.05) is 17.7 Å². The third kappa shape index (κ3) is 2.82. The Morgan fingerprint density at radius 3 is 2.95 bits per heavy atom. The third-order valence-corrected chi connectivity index (χ3v) is 4.07. The Bertz CT molecular complexity index is 577. The van der Waals surface area contributed by atoms with Crippen LogP contribution in [0.15, 0.2) is 30.5 Å². The average molecular weight is 276 g/mol. The highest BCUT2D eigenvalue weighted by Gasteiger charge is 2.20. The lowest BCUT2D eigenvalue weighted by molar-refractivity contribution is 0.528. The van der Waals surface area contributed by atoms with E-state index in [-0.39, 0.29) is 0 Å². The van der Waals surface area contributed by atoms with E-state index in [1.54, 1.807) is 0 Å². The van der Waals surface area contributed by atoms with E-state index in [1.165, 1.54) is 16.8 Å². The fourth-order valence-corrected chi connectivity index (χ4v) is 2.98. The zero-order valence-corrected chi connectivity index (χ0v) is 11.8. The van der Waals surface area contributed by atoms with Crippen molar-refractivity contribution >= 4 is 11.6 Å². The summed E-state index contributed by atoms with van der Waals surface area (Å²) in [6.45, 7) is 0.992. The monoisotopic (exact) mass is 275 g/mol. The minimum absolute atomic E-state index is 0.543. The van der Waals surface area contributed by atoms with Gasteiger partial charge in [0.05, 0.1) is 0 Å². The molecule has 100 valence electrons. The van der Waals surface area contributed by atoms with E-state index in [4.69, 9.17) is 11.6 Å². The van der Waals surface area contributed by atoms with Crippen LogP contribution in [0.1, 0.15) is 16.8 Å². The first-order chi connectivity index (χ1) is 9.22. The summed E-state index contributed by atoms with van der Waals surface area (Å²) in [6.07, 6.45) is 5.06. The Balaban J connectivity index is 1.52. The van der Waals surface area contributed by atoms with Crippen molar-refractivity contribution in [3.8, 4) is 0 Å². The van der Waals surface area contributed by atoms with E-state index in [0.717, 1.165) is 30.8 Å². The predicted octanol–water partition coefficient (Wildman–Crippen LogP) is 2.37. The van der Waals surface area contributed by atoms with Crippen molar-refractivity contribution in [2.24, 2.45) is 7.05 Å². The molecular formula is C15H18ClN3. The van der Waals surface area contributed by atoms with E-state index in [9.17, 15) is 0 Å². The number of hydrogen-bond donors (Lipinski definition) is 1. The van der Waals surface area contributed by atoms with Crippen LogP contribution < -0.4 is 5.32 Å². The van der Waals surface area contributed by atoms with E-state index >= 15 is 0 Å². The van der Waals surface area contributed by atoms with Crippen LogP contribution >= 0.6 is 11.6 Å². The first kappa shape index (κ1) is 12.7. The van der Waals surface area contributed by atoms with E-state index in [1.807, 2.05) is 24.0 Å². The van der Waals surface area contributed by atoms with Crippen molar-refractivity contribution in [2.75, 3.05) is 6.54 Å². The molecule has 1 aliphatic carbocycles. The number of aryl methyl sites for hydroxylation is 1. The first-order valence-corrected chi connectivity index (χ1v) is 7.08. The molecule has 19 heavy (non-hydrogen) atoms. The molecule has 1 heterocycles. The number of nitrogens with zero attached hydrogens (tertiary/aromatic N) is 2. The maximum atomic E-state index is 6.03.